The monoisotopic (exact) mass is 306 g/mol. The van der Waals surface area contributed by atoms with Gasteiger partial charge in [0.25, 0.3) is 0 Å². The predicted octanol–water partition coefficient (Wildman–Crippen LogP) is 3.49. The number of rotatable bonds is 4. The molecule has 1 aromatic carbocycles. The first-order valence-electron chi connectivity index (χ1n) is 6.83. The summed E-state index contributed by atoms with van der Waals surface area (Å²) in [5, 5.41) is 5.26. The third kappa shape index (κ3) is 3.27. The summed E-state index contributed by atoms with van der Waals surface area (Å²) in [4.78, 5) is 11.6. The normalized spacial score (nSPS) is 12.2. The molecule has 0 spiro atoms. The van der Waals surface area contributed by atoms with Crippen molar-refractivity contribution in [2.75, 3.05) is 7.11 Å². The molecule has 0 aliphatic carbocycles. The van der Waals surface area contributed by atoms with Gasteiger partial charge in [-0.05, 0) is 50.1 Å². The maximum Gasteiger partial charge on any atom is 0.308 e. The van der Waals surface area contributed by atoms with E-state index in [9.17, 15) is 4.79 Å². The van der Waals surface area contributed by atoms with Crippen LogP contribution in [0.5, 0.6) is 0 Å². The van der Waals surface area contributed by atoms with E-state index in [-0.39, 0.29) is 11.9 Å². The van der Waals surface area contributed by atoms with E-state index >= 15 is 0 Å². The van der Waals surface area contributed by atoms with Crippen molar-refractivity contribution in [1.82, 2.24) is 9.78 Å². The van der Waals surface area contributed by atoms with Crippen LogP contribution in [0.15, 0.2) is 24.3 Å². The number of nitrogens with zero attached hydrogens (tertiary/aromatic N) is 2. The zero-order chi connectivity index (χ0) is 15.6. The molecule has 0 fully saturated rings. The Balaban J connectivity index is 2.33. The first-order chi connectivity index (χ1) is 9.93. The summed E-state index contributed by atoms with van der Waals surface area (Å²) in [7, 11) is 1.41. The fraction of sp³-hybridized carbons (Fsp3) is 0.375. The third-order valence-corrected chi connectivity index (χ3v) is 3.88. The Morgan fingerprint density at radius 1 is 1.33 bits per heavy atom. The molecule has 5 heteroatoms. The van der Waals surface area contributed by atoms with E-state index in [1.807, 2.05) is 49.7 Å². The predicted molar refractivity (Wildman–Crippen MR) is 82.9 cm³/mol. The Bertz CT molecular complexity index is 647. The number of ether oxygens (including phenoxy) is 1. The average Bonchev–Trinajstić information content (AvgIpc) is 2.75. The molecule has 1 atom stereocenters. The minimum Gasteiger partial charge on any atom is -0.469 e. The molecule has 0 aliphatic heterocycles. The lowest BCUT2D eigenvalue weighted by Gasteiger charge is -2.10. The second kappa shape index (κ2) is 6.31. The Kier molecular flexibility index (Phi) is 4.68. The van der Waals surface area contributed by atoms with Gasteiger partial charge in [0, 0.05) is 10.7 Å². The summed E-state index contributed by atoms with van der Waals surface area (Å²) in [5.41, 5.74) is 4.00. The smallest absolute Gasteiger partial charge is 0.308 e. The molecule has 0 saturated heterocycles. The first kappa shape index (κ1) is 15.6. The molecular formula is C16H19ClN2O2. The average molecular weight is 307 g/mol. The van der Waals surface area contributed by atoms with Crippen molar-refractivity contribution in [3.8, 4) is 5.69 Å². The fourth-order valence-corrected chi connectivity index (χ4v) is 2.52. The Morgan fingerprint density at radius 2 is 1.95 bits per heavy atom. The Labute approximate surface area is 129 Å². The molecule has 2 aromatic rings. The molecule has 0 radical (unpaired) electrons. The summed E-state index contributed by atoms with van der Waals surface area (Å²) in [6.07, 6.45) is 0.623. The highest BCUT2D eigenvalue weighted by molar-refractivity contribution is 6.30. The molecule has 1 unspecified atom stereocenters. The fourth-order valence-electron chi connectivity index (χ4n) is 2.39. The number of aromatic nitrogens is 2. The Hall–Kier alpha value is -1.81. The number of halogens is 1. The van der Waals surface area contributed by atoms with Gasteiger partial charge in [0.1, 0.15) is 0 Å². The van der Waals surface area contributed by atoms with Crippen LogP contribution in [0, 0.1) is 19.8 Å². The summed E-state index contributed by atoms with van der Waals surface area (Å²) in [5.74, 6) is -0.386. The van der Waals surface area contributed by atoms with Crippen LogP contribution in [-0.4, -0.2) is 22.9 Å². The van der Waals surface area contributed by atoms with Gasteiger partial charge >= 0.3 is 5.97 Å². The third-order valence-electron chi connectivity index (χ3n) is 3.63. The van der Waals surface area contributed by atoms with Crippen LogP contribution in [0.2, 0.25) is 5.02 Å². The SMILES string of the molecule is COC(=O)C(C)Cc1c(C)nn(-c2ccc(Cl)cc2)c1C. The van der Waals surface area contributed by atoms with Gasteiger partial charge in [-0.1, -0.05) is 18.5 Å². The molecular weight excluding hydrogens is 288 g/mol. The van der Waals surface area contributed by atoms with Gasteiger partial charge in [-0.15, -0.1) is 0 Å². The molecule has 21 heavy (non-hydrogen) atoms. The molecule has 1 heterocycles. The van der Waals surface area contributed by atoms with E-state index in [4.69, 9.17) is 16.3 Å². The number of esters is 1. The largest absolute Gasteiger partial charge is 0.469 e. The highest BCUT2D eigenvalue weighted by Gasteiger charge is 2.20. The number of hydrogen-bond acceptors (Lipinski definition) is 3. The van der Waals surface area contributed by atoms with Crippen LogP contribution in [0.25, 0.3) is 5.69 Å². The molecule has 0 N–H and O–H groups in total. The van der Waals surface area contributed by atoms with Crippen molar-refractivity contribution in [1.29, 1.82) is 0 Å². The molecule has 1 aromatic heterocycles. The van der Waals surface area contributed by atoms with Crippen LogP contribution in [0.1, 0.15) is 23.9 Å². The van der Waals surface area contributed by atoms with E-state index in [0.29, 0.717) is 11.4 Å². The maximum absolute atomic E-state index is 11.6. The van der Waals surface area contributed by atoms with Crippen molar-refractivity contribution in [3.05, 3.63) is 46.2 Å². The van der Waals surface area contributed by atoms with Crippen LogP contribution < -0.4 is 0 Å². The summed E-state index contributed by atoms with van der Waals surface area (Å²) < 4.78 is 6.67. The van der Waals surface area contributed by atoms with Gasteiger partial charge in [0.05, 0.1) is 24.4 Å². The minimum atomic E-state index is -0.201. The lowest BCUT2D eigenvalue weighted by molar-refractivity contribution is -0.144. The number of hydrogen-bond donors (Lipinski definition) is 0. The number of benzene rings is 1. The lowest BCUT2D eigenvalue weighted by Crippen LogP contribution is -2.15. The van der Waals surface area contributed by atoms with E-state index in [1.54, 1.807) is 0 Å². The van der Waals surface area contributed by atoms with E-state index < -0.39 is 0 Å². The topological polar surface area (TPSA) is 44.1 Å². The molecule has 0 saturated carbocycles. The van der Waals surface area contributed by atoms with Crippen LogP contribution >= 0.6 is 11.6 Å². The molecule has 112 valence electrons. The number of aryl methyl sites for hydroxylation is 1. The molecule has 0 aliphatic rings. The van der Waals surface area contributed by atoms with Crippen LogP contribution in [0.4, 0.5) is 0 Å². The number of carbonyl (C=O) groups is 1. The van der Waals surface area contributed by atoms with E-state index in [0.717, 1.165) is 22.6 Å². The summed E-state index contributed by atoms with van der Waals surface area (Å²) in [6, 6.07) is 7.53. The molecule has 4 nitrogen and oxygen atoms in total. The van der Waals surface area contributed by atoms with Crippen molar-refractivity contribution in [2.45, 2.75) is 27.2 Å². The maximum atomic E-state index is 11.6. The van der Waals surface area contributed by atoms with E-state index in [1.165, 1.54) is 7.11 Å². The standard InChI is InChI=1S/C16H19ClN2O2/c1-10(16(20)21-4)9-15-11(2)18-19(12(15)3)14-7-5-13(17)6-8-14/h5-8,10H,9H2,1-4H3. The quantitative estimate of drug-likeness (QED) is 0.812. The van der Waals surface area contributed by atoms with Gasteiger partial charge in [-0.25, -0.2) is 4.68 Å². The van der Waals surface area contributed by atoms with Gasteiger partial charge in [-0.3, -0.25) is 4.79 Å². The molecule has 2 rings (SSSR count). The van der Waals surface area contributed by atoms with Crippen molar-refractivity contribution in [3.63, 3.8) is 0 Å². The highest BCUT2D eigenvalue weighted by Crippen LogP contribution is 2.22. The first-order valence-corrected chi connectivity index (χ1v) is 7.20. The van der Waals surface area contributed by atoms with Gasteiger partial charge in [0.2, 0.25) is 0 Å². The summed E-state index contributed by atoms with van der Waals surface area (Å²) >= 11 is 5.91. The van der Waals surface area contributed by atoms with Crippen molar-refractivity contribution >= 4 is 17.6 Å². The lowest BCUT2D eigenvalue weighted by atomic mass is 10.00. The van der Waals surface area contributed by atoms with Gasteiger partial charge in [-0.2, -0.15) is 5.10 Å². The van der Waals surface area contributed by atoms with Crippen molar-refractivity contribution in [2.24, 2.45) is 5.92 Å². The van der Waals surface area contributed by atoms with Crippen LogP contribution in [0.3, 0.4) is 0 Å². The molecule has 0 bridgehead atoms. The number of methoxy groups -OCH3 is 1. The summed E-state index contributed by atoms with van der Waals surface area (Å²) in [6.45, 7) is 5.83. The second-order valence-electron chi connectivity index (χ2n) is 5.17. The minimum absolute atomic E-state index is 0.185. The van der Waals surface area contributed by atoms with E-state index in [2.05, 4.69) is 5.10 Å². The van der Waals surface area contributed by atoms with Gasteiger partial charge < -0.3 is 4.74 Å². The van der Waals surface area contributed by atoms with Crippen LogP contribution in [-0.2, 0) is 16.0 Å². The molecule has 0 amide bonds. The van der Waals surface area contributed by atoms with Crippen molar-refractivity contribution < 1.29 is 9.53 Å². The Morgan fingerprint density at radius 3 is 2.52 bits per heavy atom. The number of carbonyl (C=O) groups excluding carboxylic acids is 1. The zero-order valence-electron chi connectivity index (χ0n) is 12.7. The zero-order valence-corrected chi connectivity index (χ0v) is 13.4. The highest BCUT2D eigenvalue weighted by atomic mass is 35.5. The van der Waals surface area contributed by atoms with Gasteiger partial charge in [0.15, 0.2) is 0 Å². The second-order valence-corrected chi connectivity index (χ2v) is 5.60.